The lowest BCUT2D eigenvalue weighted by Crippen LogP contribution is -2.49. The first-order valence-corrected chi connectivity index (χ1v) is 11.3. The van der Waals surface area contributed by atoms with E-state index in [1.165, 1.54) is 25.7 Å². The lowest BCUT2D eigenvalue weighted by Gasteiger charge is -2.44. The molecule has 1 saturated carbocycles. The zero-order valence-corrected chi connectivity index (χ0v) is 17.9. The van der Waals surface area contributed by atoms with Crippen LogP contribution in [0.1, 0.15) is 63.4 Å². The van der Waals surface area contributed by atoms with E-state index in [0.717, 1.165) is 24.9 Å². The Kier molecular flexibility index (Phi) is 8.04. The van der Waals surface area contributed by atoms with Gasteiger partial charge in [0.05, 0.1) is 0 Å². The van der Waals surface area contributed by atoms with Crippen molar-refractivity contribution in [3.63, 3.8) is 0 Å². The first-order valence-electron chi connectivity index (χ1n) is 10.5. The Balaban J connectivity index is 1.37. The molecule has 0 aromatic heterocycles. The van der Waals surface area contributed by atoms with Gasteiger partial charge in [0, 0.05) is 36.9 Å². The van der Waals surface area contributed by atoms with E-state index < -0.39 is 5.50 Å². The number of hydrogen-bond donors (Lipinski definition) is 1. The minimum absolute atomic E-state index is 0.101. The first kappa shape index (κ1) is 21.4. The molecule has 1 aromatic carbocycles. The van der Waals surface area contributed by atoms with Crippen LogP contribution in [-0.4, -0.2) is 34.8 Å². The molecule has 1 aliphatic heterocycles. The molecule has 1 aromatic rings. The molecule has 0 radical (unpaired) electrons. The van der Waals surface area contributed by atoms with Gasteiger partial charge in [-0.1, -0.05) is 48.2 Å². The number of nitrogens with one attached hydrogen (secondary N) is 1. The highest BCUT2D eigenvalue weighted by molar-refractivity contribution is 6.30. The van der Waals surface area contributed by atoms with Crippen molar-refractivity contribution < 1.29 is 9.59 Å². The van der Waals surface area contributed by atoms with Crippen LogP contribution in [0.25, 0.3) is 0 Å². The normalized spacial score (nSPS) is 23.0. The maximum Gasteiger partial charge on any atom is 0.222 e. The van der Waals surface area contributed by atoms with Crippen molar-refractivity contribution >= 4 is 35.0 Å². The van der Waals surface area contributed by atoms with Gasteiger partial charge < -0.3 is 10.2 Å². The molecule has 2 amide bonds. The van der Waals surface area contributed by atoms with Crippen molar-refractivity contribution in [1.82, 2.24) is 10.2 Å². The lowest BCUT2D eigenvalue weighted by molar-refractivity contribution is -0.137. The van der Waals surface area contributed by atoms with Crippen molar-refractivity contribution in [2.75, 3.05) is 6.54 Å². The fourth-order valence-electron chi connectivity index (χ4n) is 4.60. The van der Waals surface area contributed by atoms with Gasteiger partial charge in [0.15, 0.2) is 0 Å². The predicted octanol–water partition coefficient (Wildman–Crippen LogP) is 4.92. The quantitative estimate of drug-likeness (QED) is 0.498. The van der Waals surface area contributed by atoms with E-state index in [-0.39, 0.29) is 11.8 Å². The number of fused-ring (bicyclic) bond motifs is 1. The molecule has 0 spiro atoms. The number of carbonyl (C=O) groups excluding carboxylic acids is 2. The minimum Gasteiger partial charge on any atom is -0.340 e. The molecule has 3 atom stereocenters. The van der Waals surface area contributed by atoms with Crippen LogP contribution in [0.2, 0.25) is 5.02 Å². The third-order valence-electron chi connectivity index (χ3n) is 6.00. The number of benzene rings is 1. The molecular weight excluding hydrogens is 395 g/mol. The van der Waals surface area contributed by atoms with Crippen molar-refractivity contribution in [1.29, 1.82) is 0 Å². The summed E-state index contributed by atoms with van der Waals surface area (Å²) in [4.78, 5) is 26.9. The molecule has 3 unspecified atom stereocenters. The predicted molar refractivity (Wildman–Crippen MR) is 113 cm³/mol. The second-order valence-corrected chi connectivity index (χ2v) is 9.02. The smallest absolute Gasteiger partial charge is 0.222 e. The summed E-state index contributed by atoms with van der Waals surface area (Å²) in [5.41, 5.74) is 0.557. The van der Waals surface area contributed by atoms with E-state index in [1.807, 2.05) is 24.3 Å². The van der Waals surface area contributed by atoms with Gasteiger partial charge >= 0.3 is 0 Å². The van der Waals surface area contributed by atoms with Gasteiger partial charge in [0.1, 0.15) is 5.50 Å². The van der Waals surface area contributed by atoms with Crippen LogP contribution in [-0.2, 0) is 16.0 Å². The zero-order valence-electron chi connectivity index (χ0n) is 16.3. The lowest BCUT2D eigenvalue weighted by atomic mass is 9.78. The van der Waals surface area contributed by atoms with E-state index in [4.69, 9.17) is 23.2 Å². The minimum atomic E-state index is -0.463. The summed E-state index contributed by atoms with van der Waals surface area (Å²) < 4.78 is 0. The average molecular weight is 425 g/mol. The van der Waals surface area contributed by atoms with E-state index >= 15 is 0 Å². The van der Waals surface area contributed by atoms with Crippen LogP contribution in [0.3, 0.4) is 0 Å². The highest BCUT2D eigenvalue weighted by Gasteiger charge is 2.35. The number of amides is 2. The largest absolute Gasteiger partial charge is 0.340 e. The molecule has 1 heterocycles. The third kappa shape index (κ3) is 6.12. The van der Waals surface area contributed by atoms with Crippen molar-refractivity contribution in [2.24, 2.45) is 5.92 Å². The number of hydrogen-bond acceptors (Lipinski definition) is 2. The number of nitrogens with zero attached hydrogens (tertiary/aromatic N) is 1. The van der Waals surface area contributed by atoms with Gasteiger partial charge in [-0.15, -0.1) is 0 Å². The standard InChI is InChI=1S/C22H30Cl2N2O2/c23-18-12-10-16(11-13-18)15-20(24)25-21(27)8-3-9-22(28)26-14-4-6-17-5-1-2-7-19(17)26/h10-13,17,19-20H,1-9,14-15H2,(H,25,27). The number of carbonyl (C=O) groups is 2. The summed E-state index contributed by atoms with van der Waals surface area (Å²) in [6, 6.07) is 7.87. The molecule has 154 valence electrons. The van der Waals surface area contributed by atoms with E-state index in [9.17, 15) is 9.59 Å². The van der Waals surface area contributed by atoms with Crippen LogP contribution < -0.4 is 5.32 Å². The van der Waals surface area contributed by atoms with Crippen LogP contribution in [0.15, 0.2) is 24.3 Å². The fraction of sp³-hybridized carbons (Fsp3) is 0.636. The van der Waals surface area contributed by atoms with Gasteiger partial charge in [-0.3, -0.25) is 9.59 Å². The second kappa shape index (κ2) is 10.5. The Morgan fingerprint density at radius 3 is 2.57 bits per heavy atom. The maximum absolute atomic E-state index is 12.7. The van der Waals surface area contributed by atoms with E-state index in [1.54, 1.807) is 0 Å². The highest BCUT2D eigenvalue weighted by atomic mass is 35.5. The molecule has 28 heavy (non-hydrogen) atoms. The number of alkyl halides is 1. The number of piperidine rings is 1. The molecule has 0 bridgehead atoms. The number of rotatable bonds is 7. The Labute approximate surface area is 177 Å². The molecule has 2 fully saturated rings. The van der Waals surface area contributed by atoms with E-state index in [0.29, 0.717) is 42.7 Å². The molecule has 1 N–H and O–H groups in total. The highest BCUT2D eigenvalue weighted by Crippen LogP contribution is 2.35. The monoisotopic (exact) mass is 424 g/mol. The van der Waals surface area contributed by atoms with Gasteiger partial charge in [0.25, 0.3) is 0 Å². The van der Waals surface area contributed by atoms with Crippen LogP contribution in [0.5, 0.6) is 0 Å². The molecular formula is C22H30Cl2N2O2. The topological polar surface area (TPSA) is 49.4 Å². The van der Waals surface area contributed by atoms with Gasteiger partial charge in [-0.2, -0.15) is 0 Å². The van der Waals surface area contributed by atoms with Gasteiger partial charge in [-0.05, 0) is 55.7 Å². The van der Waals surface area contributed by atoms with Crippen LogP contribution in [0.4, 0.5) is 0 Å². The molecule has 6 heteroatoms. The van der Waals surface area contributed by atoms with Gasteiger partial charge in [0.2, 0.25) is 11.8 Å². The second-order valence-electron chi connectivity index (χ2n) is 8.06. The van der Waals surface area contributed by atoms with Crippen molar-refractivity contribution in [3.05, 3.63) is 34.9 Å². The average Bonchev–Trinajstić information content (AvgIpc) is 2.69. The molecule has 1 aliphatic carbocycles. The van der Waals surface area contributed by atoms with Crippen LogP contribution in [0, 0.1) is 5.92 Å². The number of halogens is 2. The Hall–Kier alpha value is -1.26. The Morgan fingerprint density at radius 2 is 1.79 bits per heavy atom. The molecule has 3 rings (SSSR count). The number of likely N-dealkylation sites (tertiary alicyclic amines) is 1. The fourth-order valence-corrected chi connectivity index (χ4v) is 5.03. The maximum atomic E-state index is 12.7. The SMILES string of the molecule is O=C(CCCC(=O)N1CCCC2CCCCC21)NC(Cl)Cc1ccc(Cl)cc1. The van der Waals surface area contributed by atoms with Crippen molar-refractivity contribution in [3.8, 4) is 0 Å². The Bertz CT molecular complexity index is 663. The summed E-state index contributed by atoms with van der Waals surface area (Å²) >= 11 is 12.1. The molecule has 2 aliphatic rings. The summed E-state index contributed by atoms with van der Waals surface area (Å²) in [7, 11) is 0. The summed E-state index contributed by atoms with van der Waals surface area (Å²) in [6.07, 6.45) is 9.23. The summed E-state index contributed by atoms with van der Waals surface area (Å²) in [6.45, 7) is 0.886. The third-order valence-corrected chi connectivity index (χ3v) is 6.52. The molecule has 1 saturated heterocycles. The first-order chi connectivity index (χ1) is 13.5. The van der Waals surface area contributed by atoms with E-state index in [2.05, 4.69) is 10.2 Å². The summed E-state index contributed by atoms with van der Waals surface area (Å²) in [5.74, 6) is 0.809. The van der Waals surface area contributed by atoms with Crippen LogP contribution >= 0.6 is 23.2 Å². The summed E-state index contributed by atoms with van der Waals surface area (Å²) in [5, 5.41) is 3.49. The van der Waals surface area contributed by atoms with Gasteiger partial charge in [-0.25, -0.2) is 0 Å². The Morgan fingerprint density at radius 1 is 1.07 bits per heavy atom. The zero-order chi connectivity index (χ0) is 19.9. The van der Waals surface area contributed by atoms with Crippen molar-refractivity contribution in [2.45, 2.75) is 75.8 Å². The molecule has 4 nitrogen and oxygen atoms in total.